The summed E-state index contributed by atoms with van der Waals surface area (Å²) in [5.74, 6) is 0. The highest BCUT2D eigenvalue weighted by molar-refractivity contribution is 4.89. The largest absolute Gasteiger partial charge is 0.319 e. The molecular formula is C17H35N3. The van der Waals surface area contributed by atoms with Crippen LogP contribution in [0.4, 0.5) is 0 Å². The van der Waals surface area contributed by atoms with E-state index in [9.17, 15) is 0 Å². The molecule has 1 atom stereocenters. The quantitative estimate of drug-likeness (QED) is 0.782. The molecule has 0 amide bonds. The molecule has 3 heteroatoms. The fourth-order valence-electron chi connectivity index (χ4n) is 4.31. The lowest BCUT2D eigenvalue weighted by atomic mass is 9.79. The third kappa shape index (κ3) is 4.44. The van der Waals surface area contributed by atoms with E-state index in [1.165, 1.54) is 77.5 Å². The monoisotopic (exact) mass is 281 g/mol. The first kappa shape index (κ1) is 16.3. The molecule has 2 rings (SSSR count). The van der Waals surface area contributed by atoms with Crippen LogP contribution < -0.4 is 5.32 Å². The Labute approximate surface area is 126 Å². The predicted octanol–water partition coefficient (Wildman–Crippen LogP) is 2.57. The van der Waals surface area contributed by atoms with Gasteiger partial charge < -0.3 is 15.1 Å². The molecule has 0 aromatic carbocycles. The zero-order valence-corrected chi connectivity index (χ0v) is 14.0. The van der Waals surface area contributed by atoms with Crippen molar-refractivity contribution in [3.05, 3.63) is 0 Å². The summed E-state index contributed by atoms with van der Waals surface area (Å²) in [5, 5.41) is 3.49. The molecule has 1 aliphatic carbocycles. The van der Waals surface area contributed by atoms with E-state index in [2.05, 4.69) is 36.3 Å². The van der Waals surface area contributed by atoms with Crippen molar-refractivity contribution in [1.82, 2.24) is 15.1 Å². The van der Waals surface area contributed by atoms with Crippen LogP contribution in [-0.2, 0) is 0 Å². The van der Waals surface area contributed by atoms with Gasteiger partial charge in [0.1, 0.15) is 0 Å². The third-order valence-corrected chi connectivity index (χ3v) is 5.49. The molecule has 0 aromatic heterocycles. The van der Waals surface area contributed by atoms with Crippen molar-refractivity contribution in [3.8, 4) is 0 Å². The molecule has 1 N–H and O–H groups in total. The summed E-state index contributed by atoms with van der Waals surface area (Å²) in [6, 6.07) is 0.765. The summed E-state index contributed by atoms with van der Waals surface area (Å²) in [6.07, 6.45) is 11.4. The number of likely N-dealkylation sites (tertiary alicyclic amines) is 1. The van der Waals surface area contributed by atoms with E-state index >= 15 is 0 Å². The lowest BCUT2D eigenvalue weighted by molar-refractivity contribution is 0.0751. The van der Waals surface area contributed by atoms with Gasteiger partial charge in [0.05, 0.1) is 0 Å². The second-order valence-electron chi connectivity index (χ2n) is 7.44. The number of piperidine rings is 1. The number of hydrogen-bond acceptors (Lipinski definition) is 3. The second kappa shape index (κ2) is 7.77. The average Bonchev–Trinajstić information content (AvgIpc) is 2.65. The van der Waals surface area contributed by atoms with Gasteiger partial charge in [0.2, 0.25) is 0 Å². The highest BCUT2D eigenvalue weighted by Crippen LogP contribution is 2.36. The molecular weight excluding hydrogens is 246 g/mol. The van der Waals surface area contributed by atoms with E-state index in [1.54, 1.807) is 0 Å². The van der Waals surface area contributed by atoms with Crippen LogP contribution in [0.3, 0.4) is 0 Å². The SMILES string of the molecule is CNCC1(CN2CCCC(N(C)C)C2)CCCCCC1. The minimum atomic E-state index is 0.541. The van der Waals surface area contributed by atoms with Crippen LogP contribution in [-0.4, -0.2) is 63.2 Å². The minimum absolute atomic E-state index is 0.541. The first-order chi connectivity index (χ1) is 9.65. The predicted molar refractivity (Wildman–Crippen MR) is 87.2 cm³/mol. The molecule has 20 heavy (non-hydrogen) atoms. The highest BCUT2D eigenvalue weighted by Gasteiger charge is 2.34. The number of nitrogens with zero attached hydrogens (tertiary/aromatic N) is 2. The number of nitrogens with one attached hydrogen (secondary N) is 1. The Hall–Kier alpha value is -0.120. The maximum atomic E-state index is 3.49. The Morgan fingerprint density at radius 1 is 1.10 bits per heavy atom. The molecule has 1 saturated heterocycles. The summed E-state index contributed by atoms with van der Waals surface area (Å²) in [7, 11) is 6.61. The molecule has 2 aliphatic rings. The minimum Gasteiger partial charge on any atom is -0.319 e. The molecule has 1 aliphatic heterocycles. The Morgan fingerprint density at radius 3 is 2.40 bits per heavy atom. The molecule has 0 radical (unpaired) electrons. The summed E-state index contributed by atoms with van der Waals surface area (Å²) in [4.78, 5) is 5.18. The first-order valence-electron chi connectivity index (χ1n) is 8.69. The van der Waals surface area contributed by atoms with Gasteiger partial charge in [-0.1, -0.05) is 25.7 Å². The van der Waals surface area contributed by atoms with E-state index in [0.717, 1.165) is 6.04 Å². The smallest absolute Gasteiger partial charge is 0.0217 e. The van der Waals surface area contributed by atoms with Crippen LogP contribution in [0.25, 0.3) is 0 Å². The van der Waals surface area contributed by atoms with Crippen molar-refractivity contribution >= 4 is 0 Å². The van der Waals surface area contributed by atoms with Gasteiger partial charge in [-0.2, -0.15) is 0 Å². The Kier molecular flexibility index (Phi) is 6.31. The van der Waals surface area contributed by atoms with Gasteiger partial charge in [-0.3, -0.25) is 0 Å². The van der Waals surface area contributed by atoms with Gasteiger partial charge in [-0.25, -0.2) is 0 Å². The van der Waals surface area contributed by atoms with Crippen molar-refractivity contribution in [1.29, 1.82) is 0 Å². The third-order valence-electron chi connectivity index (χ3n) is 5.49. The van der Waals surface area contributed by atoms with Crippen molar-refractivity contribution in [2.24, 2.45) is 5.41 Å². The summed E-state index contributed by atoms with van der Waals surface area (Å²) < 4.78 is 0. The van der Waals surface area contributed by atoms with E-state index in [1.807, 2.05) is 0 Å². The zero-order chi connectivity index (χ0) is 14.4. The molecule has 3 nitrogen and oxygen atoms in total. The standard InChI is InChI=1S/C17H35N3/c1-18-14-17(10-6-4-5-7-11-17)15-20-12-8-9-16(13-20)19(2)3/h16,18H,4-15H2,1-3H3. The van der Waals surface area contributed by atoms with Crippen LogP contribution in [0.1, 0.15) is 51.4 Å². The number of hydrogen-bond donors (Lipinski definition) is 1. The van der Waals surface area contributed by atoms with Crippen molar-refractivity contribution in [2.75, 3.05) is 47.3 Å². The zero-order valence-electron chi connectivity index (χ0n) is 14.0. The van der Waals surface area contributed by atoms with Gasteiger partial charge in [0.15, 0.2) is 0 Å². The van der Waals surface area contributed by atoms with Gasteiger partial charge in [0, 0.05) is 25.7 Å². The van der Waals surface area contributed by atoms with Crippen molar-refractivity contribution < 1.29 is 0 Å². The molecule has 0 aromatic rings. The van der Waals surface area contributed by atoms with Gasteiger partial charge in [0.25, 0.3) is 0 Å². The van der Waals surface area contributed by atoms with Crippen LogP contribution in [0.5, 0.6) is 0 Å². The molecule has 0 spiro atoms. The maximum absolute atomic E-state index is 3.49. The molecule has 1 heterocycles. The number of rotatable bonds is 5. The Bertz CT molecular complexity index is 269. The molecule has 2 fully saturated rings. The molecule has 1 unspecified atom stereocenters. The van der Waals surface area contributed by atoms with E-state index in [4.69, 9.17) is 0 Å². The summed E-state index contributed by atoms with van der Waals surface area (Å²) in [5.41, 5.74) is 0.541. The molecule has 1 saturated carbocycles. The Morgan fingerprint density at radius 2 is 1.80 bits per heavy atom. The topological polar surface area (TPSA) is 18.5 Å². The van der Waals surface area contributed by atoms with E-state index in [0.29, 0.717) is 5.41 Å². The van der Waals surface area contributed by atoms with Gasteiger partial charge in [-0.05, 0) is 58.8 Å². The van der Waals surface area contributed by atoms with Crippen molar-refractivity contribution in [2.45, 2.75) is 57.4 Å². The normalized spacial score (nSPS) is 28.5. The van der Waals surface area contributed by atoms with Crippen LogP contribution in [0.15, 0.2) is 0 Å². The first-order valence-corrected chi connectivity index (χ1v) is 8.69. The van der Waals surface area contributed by atoms with Gasteiger partial charge in [-0.15, -0.1) is 0 Å². The molecule has 118 valence electrons. The maximum Gasteiger partial charge on any atom is 0.0217 e. The highest BCUT2D eigenvalue weighted by atomic mass is 15.2. The van der Waals surface area contributed by atoms with E-state index < -0.39 is 0 Å². The summed E-state index contributed by atoms with van der Waals surface area (Å²) >= 11 is 0. The van der Waals surface area contributed by atoms with Crippen LogP contribution >= 0.6 is 0 Å². The molecule has 0 bridgehead atoms. The fraction of sp³-hybridized carbons (Fsp3) is 1.00. The second-order valence-corrected chi connectivity index (χ2v) is 7.44. The van der Waals surface area contributed by atoms with Crippen LogP contribution in [0.2, 0.25) is 0 Å². The van der Waals surface area contributed by atoms with Crippen LogP contribution in [0, 0.1) is 5.41 Å². The van der Waals surface area contributed by atoms with Gasteiger partial charge >= 0.3 is 0 Å². The Balaban J connectivity index is 1.96. The lowest BCUT2D eigenvalue weighted by Gasteiger charge is -2.42. The van der Waals surface area contributed by atoms with Crippen molar-refractivity contribution in [3.63, 3.8) is 0 Å². The summed E-state index contributed by atoms with van der Waals surface area (Å²) in [6.45, 7) is 5.11. The number of likely N-dealkylation sites (N-methyl/N-ethyl adjacent to an activating group) is 1. The fourth-order valence-corrected chi connectivity index (χ4v) is 4.31. The lowest BCUT2D eigenvalue weighted by Crippen LogP contribution is -2.50. The van der Waals surface area contributed by atoms with E-state index in [-0.39, 0.29) is 0 Å². The average molecular weight is 281 g/mol.